The van der Waals surface area contributed by atoms with E-state index in [1.54, 1.807) is 12.4 Å². The third-order valence-corrected chi connectivity index (χ3v) is 1.88. The molecule has 0 aliphatic heterocycles. The highest BCUT2D eigenvalue weighted by Crippen LogP contribution is 2.06. The second-order valence-electron chi connectivity index (χ2n) is 2.88. The minimum Gasteiger partial charge on any atom is -0.342 e. The smallest absolute Gasteiger partial charge is 0.251 e. The van der Waals surface area contributed by atoms with E-state index < -0.39 is 0 Å². The molecule has 0 aromatic carbocycles. The van der Waals surface area contributed by atoms with Crippen LogP contribution in [-0.2, 0) is 6.42 Å². The number of rotatable bonds is 2. The lowest BCUT2D eigenvalue weighted by molar-refractivity contribution is 0.974. The van der Waals surface area contributed by atoms with Gasteiger partial charge in [-0.25, -0.2) is 9.97 Å². The number of hydrogen-bond acceptors (Lipinski definition) is 3. The predicted octanol–water partition coefficient (Wildman–Crippen LogP) is 0.722. The van der Waals surface area contributed by atoms with Crippen LogP contribution in [0.5, 0.6) is 0 Å². The molecule has 0 bridgehead atoms. The maximum atomic E-state index is 11.2. The first kappa shape index (κ1) is 8.68. The summed E-state index contributed by atoms with van der Waals surface area (Å²) in [4.78, 5) is 25.0. The third kappa shape index (κ3) is 1.56. The van der Waals surface area contributed by atoms with Crippen molar-refractivity contribution in [2.45, 2.75) is 13.3 Å². The Bertz CT molecular complexity index is 472. The van der Waals surface area contributed by atoms with Gasteiger partial charge < -0.3 is 9.97 Å². The van der Waals surface area contributed by atoms with E-state index in [1.165, 1.54) is 6.07 Å². The van der Waals surface area contributed by atoms with Gasteiger partial charge in [0.25, 0.3) is 5.56 Å². The highest BCUT2D eigenvalue weighted by molar-refractivity contribution is 5.41. The van der Waals surface area contributed by atoms with Crippen molar-refractivity contribution in [3.8, 4) is 11.6 Å². The number of aromatic nitrogens is 4. The van der Waals surface area contributed by atoms with Crippen LogP contribution < -0.4 is 5.56 Å². The van der Waals surface area contributed by atoms with Gasteiger partial charge in [-0.15, -0.1) is 0 Å². The zero-order valence-electron chi connectivity index (χ0n) is 7.74. The lowest BCUT2D eigenvalue weighted by Crippen LogP contribution is -2.10. The van der Waals surface area contributed by atoms with Crippen LogP contribution in [-0.4, -0.2) is 19.9 Å². The quantitative estimate of drug-likeness (QED) is 0.732. The Morgan fingerprint density at radius 2 is 2.29 bits per heavy atom. The number of aryl methyl sites for hydroxylation is 1. The Balaban J connectivity index is 2.54. The van der Waals surface area contributed by atoms with Crippen molar-refractivity contribution < 1.29 is 0 Å². The second kappa shape index (κ2) is 3.45. The molecule has 0 aliphatic rings. The van der Waals surface area contributed by atoms with E-state index >= 15 is 0 Å². The molecule has 2 aromatic rings. The summed E-state index contributed by atoms with van der Waals surface area (Å²) in [6.07, 6.45) is 4.04. The number of nitrogens with one attached hydrogen (secondary N) is 2. The standard InChI is InChI=1S/C9H10N4O/c1-2-6-5-7(14)13-9(12-6)8-10-3-4-11-8/h3-5H,2H2,1H3,(H,10,11)(H,12,13,14). The number of aromatic amines is 2. The molecule has 0 unspecified atom stereocenters. The predicted molar refractivity (Wildman–Crippen MR) is 51.8 cm³/mol. The molecular weight excluding hydrogens is 180 g/mol. The summed E-state index contributed by atoms with van der Waals surface area (Å²) in [7, 11) is 0. The largest absolute Gasteiger partial charge is 0.342 e. The summed E-state index contributed by atoms with van der Waals surface area (Å²) >= 11 is 0. The van der Waals surface area contributed by atoms with Gasteiger partial charge in [0.2, 0.25) is 0 Å². The zero-order chi connectivity index (χ0) is 9.97. The van der Waals surface area contributed by atoms with E-state index in [9.17, 15) is 4.79 Å². The van der Waals surface area contributed by atoms with Gasteiger partial charge in [0.05, 0.1) is 0 Å². The normalized spacial score (nSPS) is 10.4. The van der Waals surface area contributed by atoms with E-state index in [-0.39, 0.29) is 5.56 Å². The van der Waals surface area contributed by atoms with Gasteiger partial charge in [0.15, 0.2) is 11.6 Å². The minimum absolute atomic E-state index is 0.150. The first-order valence-corrected chi connectivity index (χ1v) is 4.39. The Hall–Kier alpha value is -1.91. The van der Waals surface area contributed by atoms with Gasteiger partial charge in [-0.3, -0.25) is 4.79 Å². The molecule has 5 heteroatoms. The molecule has 2 N–H and O–H groups in total. The highest BCUT2D eigenvalue weighted by atomic mass is 16.1. The highest BCUT2D eigenvalue weighted by Gasteiger charge is 2.04. The molecule has 14 heavy (non-hydrogen) atoms. The molecule has 0 fully saturated rings. The molecule has 0 saturated carbocycles. The minimum atomic E-state index is -0.150. The van der Waals surface area contributed by atoms with Crippen LogP contribution in [0.25, 0.3) is 11.6 Å². The molecule has 2 heterocycles. The molecule has 2 aromatic heterocycles. The maximum Gasteiger partial charge on any atom is 0.251 e. The number of imidazole rings is 1. The van der Waals surface area contributed by atoms with Crippen molar-refractivity contribution in [3.63, 3.8) is 0 Å². The molecule has 5 nitrogen and oxygen atoms in total. The molecule has 0 spiro atoms. The maximum absolute atomic E-state index is 11.2. The van der Waals surface area contributed by atoms with Crippen molar-refractivity contribution >= 4 is 0 Å². The number of H-pyrrole nitrogens is 2. The Labute approximate surface area is 80.2 Å². The second-order valence-corrected chi connectivity index (χ2v) is 2.88. The van der Waals surface area contributed by atoms with E-state index in [0.29, 0.717) is 11.6 Å². The lowest BCUT2D eigenvalue weighted by atomic mass is 10.3. The summed E-state index contributed by atoms with van der Waals surface area (Å²) in [5.74, 6) is 1.07. The molecular formula is C9H10N4O. The average molecular weight is 190 g/mol. The Morgan fingerprint density at radius 3 is 2.93 bits per heavy atom. The van der Waals surface area contributed by atoms with Crippen molar-refractivity contribution in [2.24, 2.45) is 0 Å². The average Bonchev–Trinajstić information content (AvgIpc) is 2.69. The van der Waals surface area contributed by atoms with E-state index in [2.05, 4.69) is 19.9 Å². The molecule has 0 amide bonds. The summed E-state index contributed by atoms with van der Waals surface area (Å²) < 4.78 is 0. The van der Waals surface area contributed by atoms with Crippen molar-refractivity contribution in [1.82, 2.24) is 19.9 Å². The zero-order valence-corrected chi connectivity index (χ0v) is 7.74. The van der Waals surface area contributed by atoms with Crippen LogP contribution in [0.4, 0.5) is 0 Å². The fraction of sp³-hybridized carbons (Fsp3) is 0.222. The summed E-state index contributed by atoms with van der Waals surface area (Å²) in [5, 5.41) is 0. The Morgan fingerprint density at radius 1 is 1.43 bits per heavy atom. The van der Waals surface area contributed by atoms with Crippen LogP contribution in [0.2, 0.25) is 0 Å². The number of hydrogen-bond donors (Lipinski definition) is 2. The Kier molecular flexibility index (Phi) is 2.14. The summed E-state index contributed by atoms with van der Waals surface area (Å²) in [6, 6.07) is 1.49. The summed E-state index contributed by atoms with van der Waals surface area (Å²) in [5.41, 5.74) is 0.614. The molecule has 0 atom stereocenters. The van der Waals surface area contributed by atoms with Gasteiger partial charge in [0.1, 0.15) is 0 Å². The first-order valence-electron chi connectivity index (χ1n) is 4.39. The van der Waals surface area contributed by atoms with Crippen molar-refractivity contribution in [1.29, 1.82) is 0 Å². The molecule has 0 radical (unpaired) electrons. The van der Waals surface area contributed by atoms with E-state index in [1.807, 2.05) is 6.92 Å². The SMILES string of the molecule is CCc1cc(=O)[nH]c(-c2ncc[nH]2)n1. The van der Waals surface area contributed by atoms with Gasteiger partial charge in [-0.1, -0.05) is 6.92 Å². The van der Waals surface area contributed by atoms with Crippen LogP contribution >= 0.6 is 0 Å². The van der Waals surface area contributed by atoms with Crippen molar-refractivity contribution in [2.75, 3.05) is 0 Å². The molecule has 0 saturated heterocycles. The lowest BCUT2D eigenvalue weighted by Gasteiger charge is -1.98. The summed E-state index contributed by atoms with van der Waals surface area (Å²) in [6.45, 7) is 1.95. The van der Waals surface area contributed by atoms with Crippen LogP contribution in [0.15, 0.2) is 23.3 Å². The van der Waals surface area contributed by atoms with Crippen molar-refractivity contribution in [3.05, 3.63) is 34.5 Å². The fourth-order valence-corrected chi connectivity index (χ4v) is 1.20. The molecule has 72 valence electrons. The number of nitrogens with zero attached hydrogens (tertiary/aromatic N) is 2. The molecule has 2 rings (SSSR count). The van der Waals surface area contributed by atoms with E-state index in [0.717, 1.165) is 12.1 Å². The van der Waals surface area contributed by atoms with Crippen LogP contribution in [0, 0.1) is 0 Å². The first-order chi connectivity index (χ1) is 6.79. The van der Waals surface area contributed by atoms with Gasteiger partial charge >= 0.3 is 0 Å². The van der Waals surface area contributed by atoms with Crippen LogP contribution in [0.3, 0.4) is 0 Å². The van der Waals surface area contributed by atoms with Gasteiger partial charge in [-0.05, 0) is 6.42 Å². The van der Waals surface area contributed by atoms with Gasteiger partial charge in [-0.2, -0.15) is 0 Å². The topological polar surface area (TPSA) is 74.4 Å². The van der Waals surface area contributed by atoms with Gasteiger partial charge in [0, 0.05) is 24.2 Å². The third-order valence-electron chi connectivity index (χ3n) is 1.88. The molecule has 0 aliphatic carbocycles. The monoisotopic (exact) mass is 190 g/mol. The van der Waals surface area contributed by atoms with E-state index in [4.69, 9.17) is 0 Å². The fourth-order valence-electron chi connectivity index (χ4n) is 1.20. The van der Waals surface area contributed by atoms with Crippen LogP contribution in [0.1, 0.15) is 12.6 Å².